The summed E-state index contributed by atoms with van der Waals surface area (Å²) in [5, 5.41) is 7.28. The molecule has 18 heavy (non-hydrogen) atoms. The number of benzene rings is 1. The average Bonchev–Trinajstić information content (AvgIpc) is 2.78. The van der Waals surface area contributed by atoms with E-state index in [9.17, 15) is 0 Å². The minimum absolute atomic E-state index is 0.492. The van der Waals surface area contributed by atoms with Crippen LogP contribution < -0.4 is 10.5 Å². The predicted molar refractivity (Wildman–Crippen MR) is 72.4 cm³/mol. The second-order valence-electron chi connectivity index (χ2n) is 4.25. The van der Waals surface area contributed by atoms with Crippen LogP contribution in [-0.4, -0.2) is 16.8 Å². The van der Waals surface area contributed by atoms with Gasteiger partial charge in [0.25, 0.3) is 0 Å². The monoisotopic (exact) mass is 245 g/mol. The van der Waals surface area contributed by atoms with Crippen molar-refractivity contribution < 1.29 is 4.74 Å². The molecule has 1 aromatic carbocycles. The van der Waals surface area contributed by atoms with E-state index in [1.165, 1.54) is 0 Å². The van der Waals surface area contributed by atoms with Gasteiger partial charge in [0.1, 0.15) is 5.75 Å². The van der Waals surface area contributed by atoms with Crippen molar-refractivity contribution >= 4 is 0 Å². The second-order valence-corrected chi connectivity index (χ2v) is 4.25. The highest BCUT2D eigenvalue weighted by atomic mass is 16.5. The van der Waals surface area contributed by atoms with Crippen LogP contribution in [0, 0.1) is 6.92 Å². The first-order valence-electron chi connectivity index (χ1n) is 6.23. The number of hydrogen-bond donors (Lipinski definition) is 2. The molecule has 0 unspecified atom stereocenters. The summed E-state index contributed by atoms with van der Waals surface area (Å²) in [6, 6.07) is 7.96. The highest BCUT2D eigenvalue weighted by Crippen LogP contribution is 2.25. The maximum absolute atomic E-state index is 5.74. The minimum Gasteiger partial charge on any atom is -0.494 e. The molecule has 0 atom stereocenters. The van der Waals surface area contributed by atoms with Crippen molar-refractivity contribution in [3.8, 4) is 17.0 Å². The van der Waals surface area contributed by atoms with Gasteiger partial charge in [-0.3, -0.25) is 5.10 Å². The summed E-state index contributed by atoms with van der Waals surface area (Å²) in [7, 11) is 0. The Balaban J connectivity index is 2.23. The van der Waals surface area contributed by atoms with E-state index < -0.39 is 0 Å². The molecule has 1 heterocycles. The third-order valence-electron chi connectivity index (χ3n) is 2.88. The highest BCUT2D eigenvalue weighted by molar-refractivity contribution is 5.64. The summed E-state index contributed by atoms with van der Waals surface area (Å²) in [6.45, 7) is 5.31. The van der Waals surface area contributed by atoms with Gasteiger partial charge in [-0.2, -0.15) is 5.10 Å². The molecule has 2 aromatic rings. The lowest BCUT2D eigenvalue weighted by atomic mass is 10.1. The van der Waals surface area contributed by atoms with Crippen LogP contribution in [0.2, 0.25) is 0 Å². The number of aromatic amines is 1. The number of H-pyrrole nitrogens is 1. The Labute approximate surface area is 107 Å². The number of nitrogens with one attached hydrogen (secondary N) is 1. The summed E-state index contributed by atoms with van der Waals surface area (Å²) in [5.41, 5.74) is 9.82. The molecule has 0 bridgehead atoms. The lowest BCUT2D eigenvalue weighted by Gasteiger charge is -2.05. The largest absolute Gasteiger partial charge is 0.494 e. The molecular weight excluding hydrogens is 226 g/mol. The number of nitrogens with zero attached hydrogens (tertiary/aromatic N) is 1. The summed E-state index contributed by atoms with van der Waals surface area (Å²) >= 11 is 0. The van der Waals surface area contributed by atoms with Crippen LogP contribution in [0.4, 0.5) is 0 Å². The zero-order valence-corrected chi connectivity index (χ0v) is 10.9. The zero-order valence-electron chi connectivity index (χ0n) is 10.9. The molecule has 0 fully saturated rings. The minimum atomic E-state index is 0.492. The lowest BCUT2D eigenvalue weighted by Crippen LogP contribution is -1.99. The molecule has 0 radical (unpaired) electrons. The second kappa shape index (κ2) is 5.69. The van der Waals surface area contributed by atoms with Gasteiger partial charge in [0.2, 0.25) is 0 Å². The molecule has 96 valence electrons. The van der Waals surface area contributed by atoms with Crippen molar-refractivity contribution in [2.24, 2.45) is 5.73 Å². The summed E-state index contributed by atoms with van der Waals surface area (Å²) in [5.74, 6) is 0.891. The molecule has 1 aromatic heterocycles. The molecule has 0 aliphatic rings. The van der Waals surface area contributed by atoms with Gasteiger partial charge in [-0.15, -0.1) is 0 Å². The Morgan fingerprint density at radius 2 is 2.00 bits per heavy atom. The number of ether oxygens (including phenoxy) is 1. The third-order valence-corrected chi connectivity index (χ3v) is 2.88. The van der Waals surface area contributed by atoms with Gasteiger partial charge < -0.3 is 10.5 Å². The molecule has 0 aliphatic carbocycles. The summed E-state index contributed by atoms with van der Waals surface area (Å²) < 4.78 is 5.55. The van der Waals surface area contributed by atoms with Crippen LogP contribution in [0.15, 0.2) is 24.3 Å². The van der Waals surface area contributed by atoms with Crippen molar-refractivity contribution in [1.29, 1.82) is 0 Å². The van der Waals surface area contributed by atoms with E-state index in [0.717, 1.165) is 41.3 Å². The molecule has 3 N–H and O–H groups in total. The van der Waals surface area contributed by atoms with Gasteiger partial charge in [0.05, 0.1) is 12.3 Å². The smallest absolute Gasteiger partial charge is 0.119 e. The fourth-order valence-corrected chi connectivity index (χ4v) is 1.87. The van der Waals surface area contributed by atoms with Crippen molar-refractivity contribution in [2.75, 3.05) is 6.61 Å². The van der Waals surface area contributed by atoms with Crippen LogP contribution in [0.1, 0.15) is 24.6 Å². The maximum atomic E-state index is 5.74. The average molecular weight is 245 g/mol. The van der Waals surface area contributed by atoms with Crippen molar-refractivity contribution in [1.82, 2.24) is 10.2 Å². The van der Waals surface area contributed by atoms with Gasteiger partial charge in [-0.25, -0.2) is 0 Å². The van der Waals surface area contributed by atoms with E-state index in [2.05, 4.69) is 17.1 Å². The fraction of sp³-hybridized carbons (Fsp3) is 0.357. The quantitative estimate of drug-likeness (QED) is 0.851. The van der Waals surface area contributed by atoms with E-state index in [4.69, 9.17) is 10.5 Å². The van der Waals surface area contributed by atoms with Gasteiger partial charge in [0, 0.05) is 23.4 Å². The third kappa shape index (κ3) is 2.54. The van der Waals surface area contributed by atoms with Crippen LogP contribution in [0.5, 0.6) is 5.75 Å². The highest BCUT2D eigenvalue weighted by Gasteiger charge is 2.10. The molecule has 0 aliphatic heterocycles. The number of aromatic nitrogens is 2. The molecule has 4 heteroatoms. The SMILES string of the molecule is CCCOc1ccc(-c2n[nH]c(C)c2CN)cc1. The lowest BCUT2D eigenvalue weighted by molar-refractivity contribution is 0.317. The van der Waals surface area contributed by atoms with Crippen LogP contribution in [-0.2, 0) is 6.54 Å². The van der Waals surface area contributed by atoms with Crippen LogP contribution in [0.25, 0.3) is 11.3 Å². The first kappa shape index (κ1) is 12.6. The summed E-state index contributed by atoms with van der Waals surface area (Å²) in [4.78, 5) is 0. The summed E-state index contributed by atoms with van der Waals surface area (Å²) in [6.07, 6.45) is 1.01. The normalized spacial score (nSPS) is 10.6. The predicted octanol–water partition coefficient (Wildman–Crippen LogP) is 2.63. The van der Waals surface area contributed by atoms with Gasteiger partial charge in [-0.1, -0.05) is 6.92 Å². The zero-order chi connectivity index (χ0) is 13.0. The number of aryl methyl sites for hydroxylation is 1. The molecule has 4 nitrogen and oxygen atoms in total. The van der Waals surface area contributed by atoms with E-state index >= 15 is 0 Å². The molecule has 0 saturated carbocycles. The molecule has 0 amide bonds. The first-order valence-corrected chi connectivity index (χ1v) is 6.23. The van der Waals surface area contributed by atoms with Crippen molar-refractivity contribution in [2.45, 2.75) is 26.8 Å². The standard InChI is InChI=1S/C14H19N3O/c1-3-8-18-12-6-4-11(5-7-12)14-13(9-15)10(2)16-17-14/h4-7H,3,8-9,15H2,1-2H3,(H,16,17). The van der Waals surface area contributed by atoms with E-state index in [-0.39, 0.29) is 0 Å². The van der Waals surface area contributed by atoms with Crippen molar-refractivity contribution in [3.63, 3.8) is 0 Å². The van der Waals surface area contributed by atoms with Gasteiger partial charge in [-0.05, 0) is 37.6 Å². The Morgan fingerprint density at radius 3 is 2.61 bits per heavy atom. The van der Waals surface area contributed by atoms with Crippen LogP contribution in [0.3, 0.4) is 0 Å². The number of rotatable bonds is 5. The van der Waals surface area contributed by atoms with Crippen molar-refractivity contribution in [3.05, 3.63) is 35.5 Å². The Hall–Kier alpha value is -1.81. The Kier molecular flexibility index (Phi) is 3.99. The van der Waals surface area contributed by atoms with E-state index in [1.54, 1.807) is 0 Å². The van der Waals surface area contributed by atoms with Crippen LogP contribution >= 0.6 is 0 Å². The van der Waals surface area contributed by atoms with Gasteiger partial charge in [0.15, 0.2) is 0 Å². The molecule has 0 saturated heterocycles. The molecule has 0 spiro atoms. The molecular formula is C14H19N3O. The number of hydrogen-bond acceptors (Lipinski definition) is 3. The fourth-order valence-electron chi connectivity index (χ4n) is 1.87. The Bertz CT molecular complexity index is 502. The van der Waals surface area contributed by atoms with E-state index in [0.29, 0.717) is 6.54 Å². The molecule has 2 rings (SSSR count). The first-order chi connectivity index (χ1) is 8.76. The Morgan fingerprint density at radius 1 is 1.28 bits per heavy atom. The van der Waals surface area contributed by atoms with E-state index in [1.807, 2.05) is 31.2 Å². The number of nitrogens with two attached hydrogens (primary N) is 1. The van der Waals surface area contributed by atoms with Gasteiger partial charge >= 0.3 is 0 Å². The topological polar surface area (TPSA) is 63.9 Å². The maximum Gasteiger partial charge on any atom is 0.119 e.